The normalized spacial score (nSPS) is 20.5. The maximum Gasteiger partial charge on any atom is 0.205 e. The SMILES string of the molecule is N#CC1=C(N)OC2=C(CC/C2=C\c2cccc(F)c2)[C@@H]1c1cccc(F)c1. The molecule has 0 saturated heterocycles. The van der Waals surface area contributed by atoms with E-state index in [1.165, 1.54) is 24.3 Å². The average Bonchev–Trinajstić information content (AvgIpc) is 3.02. The summed E-state index contributed by atoms with van der Waals surface area (Å²) in [5.74, 6) is -0.495. The van der Waals surface area contributed by atoms with Crippen molar-refractivity contribution < 1.29 is 13.5 Å². The quantitative estimate of drug-likeness (QED) is 0.826. The highest BCUT2D eigenvalue weighted by Gasteiger charge is 2.37. The number of allylic oxidation sites excluding steroid dienone is 3. The van der Waals surface area contributed by atoms with Crippen molar-refractivity contribution >= 4 is 6.08 Å². The number of nitrogens with two attached hydrogens (primary N) is 1. The fourth-order valence-corrected chi connectivity index (χ4v) is 3.70. The summed E-state index contributed by atoms with van der Waals surface area (Å²) in [5, 5.41) is 9.57. The van der Waals surface area contributed by atoms with Gasteiger partial charge in [-0.1, -0.05) is 24.3 Å². The molecule has 27 heavy (non-hydrogen) atoms. The molecule has 0 spiro atoms. The molecule has 1 aliphatic heterocycles. The lowest BCUT2D eigenvalue weighted by Crippen LogP contribution is -2.19. The van der Waals surface area contributed by atoms with Gasteiger partial charge in [0.2, 0.25) is 5.88 Å². The van der Waals surface area contributed by atoms with Crippen molar-refractivity contribution in [1.82, 2.24) is 0 Å². The van der Waals surface area contributed by atoms with Crippen LogP contribution in [0.25, 0.3) is 6.08 Å². The molecule has 2 aromatic rings. The minimum atomic E-state index is -0.437. The van der Waals surface area contributed by atoms with Gasteiger partial charge < -0.3 is 10.5 Å². The number of hydrogen-bond donors (Lipinski definition) is 1. The first-order valence-corrected chi connectivity index (χ1v) is 8.59. The van der Waals surface area contributed by atoms with E-state index in [0.717, 1.165) is 16.7 Å². The lowest BCUT2D eigenvalue weighted by molar-refractivity contribution is 0.292. The summed E-state index contributed by atoms with van der Waals surface area (Å²) in [6.07, 6.45) is 3.20. The van der Waals surface area contributed by atoms with Crippen LogP contribution in [0.3, 0.4) is 0 Å². The van der Waals surface area contributed by atoms with Gasteiger partial charge in [0.05, 0.1) is 0 Å². The van der Waals surface area contributed by atoms with Crippen LogP contribution < -0.4 is 5.73 Å². The van der Waals surface area contributed by atoms with Crippen LogP contribution in [-0.4, -0.2) is 0 Å². The van der Waals surface area contributed by atoms with Crippen molar-refractivity contribution in [1.29, 1.82) is 5.26 Å². The molecule has 0 radical (unpaired) electrons. The molecule has 3 nitrogen and oxygen atoms in total. The van der Waals surface area contributed by atoms with Crippen LogP contribution in [0.15, 0.2) is 76.9 Å². The third kappa shape index (κ3) is 3.11. The number of halogens is 2. The van der Waals surface area contributed by atoms with E-state index >= 15 is 0 Å². The predicted molar refractivity (Wildman–Crippen MR) is 97.7 cm³/mol. The number of rotatable bonds is 2. The molecule has 2 aromatic carbocycles. The largest absolute Gasteiger partial charge is 0.440 e. The van der Waals surface area contributed by atoms with Crippen molar-refractivity contribution in [2.45, 2.75) is 18.8 Å². The van der Waals surface area contributed by atoms with E-state index in [2.05, 4.69) is 6.07 Å². The molecule has 0 aromatic heterocycles. The molecule has 1 atom stereocenters. The van der Waals surface area contributed by atoms with Gasteiger partial charge in [-0.2, -0.15) is 5.26 Å². The molecule has 4 rings (SSSR count). The summed E-state index contributed by atoms with van der Waals surface area (Å²) in [4.78, 5) is 0. The Morgan fingerprint density at radius 1 is 1.07 bits per heavy atom. The highest BCUT2D eigenvalue weighted by Crippen LogP contribution is 2.48. The molecule has 2 aliphatic rings. The van der Waals surface area contributed by atoms with Gasteiger partial charge in [0.25, 0.3) is 0 Å². The molecule has 0 unspecified atom stereocenters. The average molecular weight is 362 g/mol. The highest BCUT2D eigenvalue weighted by molar-refractivity contribution is 5.63. The summed E-state index contributed by atoms with van der Waals surface area (Å²) in [7, 11) is 0. The van der Waals surface area contributed by atoms with Crippen LogP contribution >= 0.6 is 0 Å². The van der Waals surface area contributed by atoms with Crippen LogP contribution in [-0.2, 0) is 4.74 Å². The van der Waals surface area contributed by atoms with Crippen LogP contribution in [0, 0.1) is 23.0 Å². The predicted octanol–water partition coefficient (Wildman–Crippen LogP) is 4.90. The Balaban J connectivity index is 1.81. The second-order valence-corrected chi connectivity index (χ2v) is 6.56. The molecule has 134 valence electrons. The number of nitrogens with zero attached hydrogens (tertiary/aromatic N) is 1. The second kappa shape index (κ2) is 6.73. The topological polar surface area (TPSA) is 59.0 Å². The van der Waals surface area contributed by atoms with Crippen LogP contribution in [0.5, 0.6) is 0 Å². The molecule has 1 aliphatic carbocycles. The summed E-state index contributed by atoms with van der Waals surface area (Å²) in [6.45, 7) is 0. The van der Waals surface area contributed by atoms with Gasteiger partial charge in [-0.05, 0) is 65.5 Å². The third-order valence-corrected chi connectivity index (χ3v) is 4.85. The standard InChI is InChI=1S/C22H16F2N2O/c23-16-5-1-3-13(10-16)9-15-7-8-18-20(14-4-2-6-17(24)11-14)19(12-25)22(26)27-21(15)18/h1-6,9-11,20H,7-8,26H2/b15-9+/t20-/m0/s1. The van der Waals surface area contributed by atoms with Gasteiger partial charge >= 0.3 is 0 Å². The zero-order valence-electron chi connectivity index (χ0n) is 14.4. The Labute approximate surface area is 155 Å². The maximum atomic E-state index is 13.8. The van der Waals surface area contributed by atoms with E-state index in [0.29, 0.717) is 24.2 Å². The van der Waals surface area contributed by atoms with Crippen molar-refractivity contribution in [3.8, 4) is 6.07 Å². The fourth-order valence-electron chi connectivity index (χ4n) is 3.70. The lowest BCUT2D eigenvalue weighted by Gasteiger charge is -2.26. The van der Waals surface area contributed by atoms with E-state index in [-0.39, 0.29) is 23.1 Å². The Morgan fingerprint density at radius 2 is 1.81 bits per heavy atom. The monoisotopic (exact) mass is 362 g/mol. The van der Waals surface area contributed by atoms with Gasteiger partial charge in [-0.25, -0.2) is 8.78 Å². The van der Waals surface area contributed by atoms with Crippen LogP contribution in [0.2, 0.25) is 0 Å². The highest BCUT2D eigenvalue weighted by atomic mass is 19.1. The Bertz CT molecular complexity index is 1060. The fraction of sp³-hybridized carbons (Fsp3) is 0.136. The molecule has 0 bridgehead atoms. The molecule has 0 fully saturated rings. The first kappa shape index (κ1) is 17.0. The first-order chi connectivity index (χ1) is 13.1. The van der Waals surface area contributed by atoms with Crippen LogP contribution in [0.4, 0.5) is 8.78 Å². The first-order valence-electron chi connectivity index (χ1n) is 8.59. The lowest BCUT2D eigenvalue weighted by atomic mass is 9.83. The Kier molecular flexibility index (Phi) is 4.25. The zero-order valence-corrected chi connectivity index (χ0v) is 14.4. The van der Waals surface area contributed by atoms with Gasteiger partial charge in [0.15, 0.2) is 0 Å². The van der Waals surface area contributed by atoms with Gasteiger partial charge in [0, 0.05) is 5.92 Å². The minimum absolute atomic E-state index is 0.0255. The van der Waals surface area contributed by atoms with Gasteiger partial charge in [0.1, 0.15) is 29.0 Å². The van der Waals surface area contributed by atoms with Crippen molar-refractivity contribution in [3.63, 3.8) is 0 Å². The Morgan fingerprint density at radius 3 is 2.52 bits per heavy atom. The molecular weight excluding hydrogens is 346 g/mol. The third-order valence-electron chi connectivity index (χ3n) is 4.85. The van der Waals surface area contributed by atoms with E-state index in [9.17, 15) is 14.0 Å². The molecular formula is C22H16F2N2O. The van der Waals surface area contributed by atoms with Crippen molar-refractivity contribution in [3.05, 3.63) is 99.7 Å². The van der Waals surface area contributed by atoms with E-state index < -0.39 is 5.92 Å². The summed E-state index contributed by atoms with van der Waals surface area (Å²) < 4.78 is 33.0. The smallest absolute Gasteiger partial charge is 0.205 e. The molecule has 5 heteroatoms. The summed E-state index contributed by atoms with van der Waals surface area (Å²) in [5.41, 5.74) is 9.46. The number of nitriles is 1. The number of ether oxygens (including phenoxy) is 1. The molecule has 2 N–H and O–H groups in total. The molecule has 0 saturated carbocycles. The van der Waals surface area contributed by atoms with Crippen LogP contribution in [0.1, 0.15) is 29.9 Å². The minimum Gasteiger partial charge on any atom is -0.440 e. The number of benzene rings is 2. The number of hydrogen-bond acceptors (Lipinski definition) is 3. The summed E-state index contributed by atoms with van der Waals surface area (Å²) >= 11 is 0. The van der Waals surface area contributed by atoms with Gasteiger partial charge in [-0.3, -0.25) is 0 Å². The van der Waals surface area contributed by atoms with Crippen molar-refractivity contribution in [2.24, 2.45) is 5.73 Å². The second-order valence-electron chi connectivity index (χ2n) is 6.56. The van der Waals surface area contributed by atoms with E-state index in [1.807, 2.05) is 6.08 Å². The molecule has 1 heterocycles. The Hall–Kier alpha value is -3.39. The summed E-state index contributed by atoms with van der Waals surface area (Å²) in [6, 6.07) is 14.6. The van der Waals surface area contributed by atoms with E-state index in [1.54, 1.807) is 24.3 Å². The molecule has 0 amide bonds. The van der Waals surface area contributed by atoms with Gasteiger partial charge in [-0.15, -0.1) is 0 Å². The maximum absolute atomic E-state index is 13.8. The van der Waals surface area contributed by atoms with E-state index in [4.69, 9.17) is 10.5 Å². The zero-order chi connectivity index (χ0) is 19.0. The van der Waals surface area contributed by atoms with Crippen molar-refractivity contribution in [2.75, 3.05) is 0 Å².